The van der Waals surface area contributed by atoms with Gasteiger partial charge in [0.2, 0.25) is 5.95 Å². The van der Waals surface area contributed by atoms with Crippen molar-refractivity contribution in [2.45, 2.75) is 13.1 Å². The van der Waals surface area contributed by atoms with Crippen LogP contribution in [0.4, 0.5) is 19.1 Å². The second-order valence-corrected chi connectivity index (χ2v) is 4.12. The summed E-state index contributed by atoms with van der Waals surface area (Å²) >= 11 is 0. The van der Waals surface area contributed by atoms with Gasteiger partial charge in [-0.3, -0.25) is 10.2 Å². The molecule has 0 spiro atoms. The number of nitrogens with zero attached hydrogens (tertiary/aromatic N) is 2. The number of alkyl halides is 3. The predicted molar refractivity (Wildman–Crippen MR) is 67.4 cm³/mol. The first-order valence-corrected chi connectivity index (χ1v) is 5.58. The molecule has 3 N–H and O–H groups in total. The predicted octanol–water partition coefficient (Wildman–Crippen LogP) is 1.85. The van der Waals surface area contributed by atoms with E-state index in [2.05, 4.69) is 4.98 Å². The molecule has 0 unspecified atom stereocenters. The third-order valence-electron chi connectivity index (χ3n) is 2.63. The molecule has 8 heteroatoms. The number of nitrogen functional groups attached to an aromatic ring is 1. The Labute approximate surface area is 111 Å². The lowest BCUT2D eigenvalue weighted by Gasteiger charge is -2.14. The van der Waals surface area contributed by atoms with Gasteiger partial charge in [0, 0.05) is 6.07 Å². The highest BCUT2D eigenvalue weighted by Crippen LogP contribution is 2.27. The number of anilines is 1. The van der Waals surface area contributed by atoms with Crippen molar-refractivity contribution >= 4 is 5.95 Å². The van der Waals surface area contributed by atoms with E-state index in [1.807, 2.05) is 12.3 Å². The highest BCUT2D eigenvalue weighted by atomic mass is 19.4. The van der Waals surface area contributed by atoms with Crippen molar-refractivity contribution in [2.24, 2.45) is 5.84 Å². The van der Waals surface area contributed by atoms with Crippen LogP contribution in [-0.2, 0) is 6.18 Å². The lowest BCUT2D eigenvalue weighted by Crippen LogP contribution is -2.28. The van der Waals surface area contributed by atoms with Crippen LogP contribution in [0.1, 0.15) is 11.3 Å². The van der Waals surface area contributed by atoms with Crippen LogP contribution in [0.15, 0.2) is 35.1 Å². The summed E-state index contributed by atoms with van der Waals surface area (Å²) in [6, 6.07) is 7.05. The standard InChI is InChI=1S/C12H11F3N4O/c1-7-2-4-8(5-3-7)19-10(20)6-9(12(13,14)15)17-11(19)18-16/h2-6H,16H2,1H3,(H,17,18). The fourth-order valence-electron chi connectivity index (χ4n) is 1.67. The molecule has 0 atom stereocenters. The van der Waals surface area contributed by atoms with Crippen LogP contribution < -0.4 is 16.8 Å². The summed E-state index contributed by atoms with van der Waals surface area (Å²) in [6.45, 7) is 1.85. The zero-order chi connectivity index (χ0) is 14.9. The van der Waals surface area contributed by atoms with E-state index in [0.717, 1.165) is 10.1 Å². The number of hydrazine groups is 1. The van der Waals surface area contributed by atoms with Crippen molar-refractivity contribution in [1.29, 1.82) is 0 Å². The number of hydrogen-bond acceptors (Lipinski definition) is 4. The van der Waals surface area contributed by atoms with Gasteiger partial charge in [-0.25, -0.2) is 15.4 Å². The maximum Gasteiger partial charge on any atom is 0.433 e. The van der Waals surface area contributed by atoms with Crippen LogP contribution in [0.2, 0.25) is 0 Å². The molecule has 0 fully saturated rings. The zero-order valence-corrected chi connectivity index (χ0v) is 10.4. The van der Waals surface area contributed by atoms with Gasteiger partial charge in [-0.05, 0) is 19.1 Å². The van der Waals surface area contributed by atoms with E-state index in [-0.39, 0.29) is 5.95 Å². The molecule has 2 rings (SSSR count). The molecule has 0 aliphatic carbocycles. The number of halogens is 3. The summed E-state index contributed by atoms with van der Waals surface area (Å²) < 4.78 is 38.7. The maximum atomic E-state index is 12.6. The van der Waals surface area contributed by atoms with Crippen molar-refractivity contribution < 1.29 is 13.2 Å². The Morgan fingerprint density at radius 2 is 1.85 bits per heavy atom. The van der Waals surface area contributed by atoms with E-state index in [4.69, 9.17) is 5.84 Å². The number of nitrogens with two attached hydrogens (primary N) is 1. The highest BCUT2D eigenvalue weighted by Gasteiger charge is 2.34. The Hall–Kier alpha value is -2.35. The minimum atomic E-state index is -4.71. The molecule has 1 heterocycles. The molecule has 1 aromatic heterocycles. The normalized spacial score (nSPS) is 11.4. The van der Waals surface area contributed by atoms with Gasteiger partial charge in [-0.1, -0.05) is 17.7 Å². The van der Waals surface area contributed by atoms with Crippen molar-refractivity contribution in [3.8, 4) is 5.69 Å². The quantitative estimate of drug-likeness (QED) is 0.652. The van der Waals surface area contributed by atoms with Crippen LogP contribution in [0.3, 0.4) is 0 Å². The third-order valence-corrected chi connectivity index (χ3v) is 2.63. The Morgan fingerprint density at radius 1 is 1.25 bits per heavy atom. The largest absolute Gasteiger partial charge is 0.433 e. The molecular weight excluding hydrogens is 273 g/mol. The summed E-state index contributed by atoms with van der Waals surface area (Å²) in [5.41, 5.74) is 1.17. The summed E-state index contributed by atoms with van der Waals surface area (Å²) in [7, 11) is 0. The molecule has 0 saturated heterocycles. The first-order chi connectivity index (χ1) is 9.32. The van der Waals surface area contributed by atoms with Crippen molar-refractivity contribution in [2.75, 3.05) is 5.43 Å². The van der Waals surface area contributed by atoms with E-state index in [1.54, 1.807) is 24.3 Å². The molecule has 0 bridgehead atoms. The second-order valence-electron chi connectivity index (χ2n) is 4.12. The lowest BCUT2D eigenvalue weighted by atomic mass is 10.2. The van der Waals surface area contributed by atoms with Crippen molar-refractivity contribution in [3.05, 3.63) is 51.9 Å². The smallest absolute Gasteiger partial charge is 0.293 e. The maximum absolute atomic E-state index is 12.6. The molecule has 1 aromatic carbocycles. The van der Waals surface area contributed by atoms with Gasteiger partial charge in [-0.15, -0.1) is 0 Å². The monoisotopic (exact) mass is 284 g/mol. The molecule has 20 heavy (non-hydrogen) atoms. The molecule has 0 saturated carbocycles. The SMILES string of the molecule is Cc1ccc(-n2c(NN)nc(C(F)(F)F)cc2=O)cc1. The van der Waals surface area contributed by atoms with Gasteiger partial charge in [0.1, 0.15) is 0 Å². The fourth-order valence-corrected chi connectivity index (χ4v) is 1.67. The summed E-state index contributed by atoms with van der Waals surface area (Å²) in [4.78, 5) is 15.2. The number of aromatic nitrogens is 2. The molecule has 2 aromatic rings. The minimum absolute atomic E-state index is 0.370. The average Bonchev–Trinajstić information content (AvgIpc) is 2.38. The van der Waals surface area contributed by atoms with Gasteiger partial charge >= 0.3 is 6.18 Å². The van der Waals surface area contributed by atoms with Gasteiger partial charge < -0.3 is 0 Å². The first-order valence-electron chi connectivity index (χ1n) is 5.58. The van der Waals surface area contributed by atoms with E-state index in [9.17, 15) is 18.0 Å². The number of aryl methyl sites for hydroxylation is 1. The Kier molecular flexibility index (Phi) is 3.49. The highest BCUT2D eigenvalue weighted by molar-refractivity contribution is 5.42. The average molecular weight is 284 g/mol. The van der Waals surface area contributed by atoms with E-state index in [0.29, 0.717) is 11.8 Å². The third kappa shape index (κ3) is 2.64. The molecule has 0 radical (unpaired) electrons. The molecule has 0 amide bonds. The number of hydrogen-bond donors (Lipinski definition) is 2. The Bertz CT molecular complexity index is 677. The number of nitrogens with one attached hydrogen (secondary N) is 1. The van der Waals surface area contributed by atoms with Crippen LogP contribution in [-0.4, -0.2) is 9.55 Å². The first kappa shape index (κ1) is 14.1. The van der Waals surface area contributed by atoms with Crippen molar-refractivity contribution in [1.82, 2.24) is 9.55 Å². The van der Waals surface area contributed by atoms with Crippen LogP contribution in [0.25, 0.3) is 5.69 Å². The fraction of sp³-hybridized carbons (Fsp3) is 0.167. The van der Waals surface area contributed by atoms with Crippen LogP contribution in [0, 0.1) is 6.92 Å². The van der Waals surface area contributed by atoms with Crippen LogP contribution >= 0.6 is 0 Å². The molecule has 5 nitrogen and oxygen atoms in total. The summed E-state index contributed by atoms with van der Waals surface area (Å²) in [6.07, 6.45) is -4.71. The van der Waals surface area contributed by atoms with Crippen LogP contribution in [0.5, 0.6) is 0 Å². The zero-order valence-electron chi connectivity index (χ0n) is 10.4. The lowest BCUT2D eigenvalue weighted by molar-refractivity contribution is -0.141. The molecule has 106 valence electrons. The van der Waals surface area contributed by atoms with Gasteiger partial charge in [0.05, 0.1) is 5.69 Å². The van der Waals surface area contributed by atoms with Gasteiger partial charge in [-0.2, -0.15) is 13.2 Å². The number of rotatable bonds is 2. The minimum Gasteiger partial charge on any atom is -0.293 e. The molecular formula is C12H11F3N4O. The molecule has 0 aliphatic heterocycles. The Balaban J connectivity index is 2.65. The Morgan fingerprint density at radius 3 is 2.35 bits per heavy atom. The van der Waals surface area contributed by atoms with E-state index < -0.39 is 17.4 Å². The van der Waals surface area contributed by atoms with E-state index >= 15 is 0 Å². The van der Waals surface area contributed by atoms with Gasteiger partial charge in [0.25, 0.3) is 5.56 Å². The van der Waals surface area contributed by atoms with Crippen molar-refractivity contribution in [3.63, 3.8) is 0 Å². The summed E-state index contributed by atoms with van der Waals surface area (Å²) in [5, 5.41) is 0. The summed E-state index contributed by atoms with van der Waals surface area (Å²) in [5.74, 6) is 4.78. The van der Waals surface area contributed by atoms with Gasteiger partial charge in [0.15, 0.2) is 5.69 Å². The second kappa shape index (κ2) is 4.97. The van der Waals surface area contributed by atoms with E-state index in [1.165, 1.54) is 0 Å². The topological polar surface area (TPSA) is 72.9 Å². The molecule has 0 aliphatic rings. The number of benzene rings is 1.